The lowest BCUT2D eigenvalue weighted by molar-refractivity contribution is -0.140. The summed E-state index contributed by atoms with van der Waals surface area (Å²) in [4.78, 5) is 146. The van der Waals surface area contributed by atoms with Crippen molar-refractivity contribution in [1.29, 1.82) is 5.26 Å². The van der Waals surface area contributed by atoms with Crippen molar-refractivity contribution in [2.45, 2.75) is 106 Å². The van der Waals surface area contributed by atoms with Gasteiger partial charge >= 0.3 is 17.9 Å². The van der Waals surface area contributed by atoms with Gasteiger partial charge in [-0.15, -0.1) is 11.8 Å². The second-order valence-corrected chi connectivity index (χ2v) is 27.7. The highest BCUT2D eigenvalue weighted by atomic mass is 127. The number of amides is 7. The van der Waals surface area contributed by atoms with Gasteiger partial charge in [0.25, 0.3) is 11.8 Å². The molecule has 2 unspecified atom stereocenters. The van der Waals surface area contributed by atoms with Crippen molar-refractivity contribution >= 4 is 105 Å². The summed E-state index contributed by atoms with van der Waals surface area (Å²) in [5.74, 6) is -8.41. The fraction of sp³-hybridized carbons (Fsp3) is 0.606. The standard InChI is InChI=1S/C66H90F2IN13O14S/c67-66(68)38-49(39-70)82(46-66)60(87)41-74-64(94)52-18-20-71-54-17-16-50(36-53(52)54)96-35-5-4-21-75-31-33-80(34-32-75)58(85)11-7-22-81-59(86)37-55(65(81)95)97-51(9-2-1-3-19-72-56(83)10-6-8-47-12-14-48(69)15-13-47)40-73-57(84)42-76-23-25-77(43-61(88)89)27-29-79(45-63(92)93)30-28-78(26-24-76)44-62(90)91/h12-18,20,36,49,51,55H,1-11,19,21-35,37-38,40-46H2,(H,72,83)(H,73,84)(H,74,94)(H,88,89)(H,90,91)(H,92,93)/t49-,51?,55?/m1/s1. The number of piperazine rings is 1. The Morgan fingerprint density at radius 1 is 0.691 bits per heavy atom. The van der Waals surface area contributed by atoms with Gasteiger partial charge in [0.15, 0.2) is 0 Å². The number of nitrogens with zero attached hydrogens (tertiary/aromatic N) is 10. The number of halogens is 3. The molecule has 4 saturated heterocycles. The van der Waals surface area contributed by atoms with E-state index in [0.29, 0.717) is 88.1 Å². The van der Waals surface area contributed by atoms with E-state index < -0.39 is 66.4 Å². The van der Waals surface area contributed by atoms with E-state index in [1.165, 1.54) is 34.5 Å². The predicted octanol–water partition coefficient (Wildman–Crippen LogP) is 2.93. The molecule has 6 N–H and O–H groups in total. The number of carbonyl (C=O) groups is 10. The number of fused-ring (bicyclic) bond motifs is 1. The van der Waals surface area contributed by atoms with Crippen LogP contribution in [0.25, 0.3) is 10.9 Å². The van der Waals surface area contributed by atoms with Gasteiger partial charge in [-0.25, -0.2) is 8.78 Å². The number of rotatable bonds is 35. The van der Waals surface area contributed by atoms with Gasteiger partial charge in [0.2, 0.25) is 35.4 Å². The van der Waals surface area contributed by atoms with Crippen LogP contribution < -0.4 is 20.7 Å². The molecule has 97 heavy (non-hydrogen) atoms. The van der Waals surface area contributed by atoms with Crippen LogP contribution in [-0.2, 0) is 49.6 Å². The fourth-order valence-corrected chi connectivity index (χ4v) is 14.0. The Bertz CT molecular complexity index is 3200. The van der Waals surface area contributed by atoms with Crippen LogP contribution in [0.1, 0.15) is 93.0 Å². The third-order valence-corrected chi connectivity index (χ3v) is 19.7. The lowest BCUT2D eigenvalue weighted by Crippen LogP contribution is -2.50. The van der Waals surface area contributed by atoms with Gasteiger partial charge in [-0.3, -0.25) is 82.3 Å². The van der Waals surface area contributed by atoms with Gasteiger partial charge in [-0.1, -0.05) is 25.0 Å². The van der Waals surface area contributed by atoms with E-state index in [-0.39, 0.29) is 151 Å². The van der Waals surface area contributed by atoms with Crippen LogP contribution in [0, 0.1) is 14.9 Å². The van der Waals surface area contributed by atoms with E-state index in [4.69, 9.17) is 4.74 Å². The number of hydrogen-bond donors (Lipinski definition) is 6. The topological polar surface area (TPSA) is 339 Å². The molecule has 27 nitrogen and oxygen atoms in total. The molecular weight excluding hydrogens is 1400 g/mol. The van der Waals surface area contributed by atoms with Gasteiger partial charge in [0.1, 0.15) is 11.8 Å². The van der Waals surface area contributed by atoms with Crippen molar-refractivity contribution in [3.05, 3.63) is 69.4 Å². The average Bonchev–Trinajstić information content (AvgIpc) is 1.83. The number of hydrogen-bond acceptors (Lipinski definition) is 19. The minimum Gasteiger partial charge on any atom is -0.494 e. The Morgan fingerprint density at radius 3 is 1.95 bits per heavy atom. The van der Waals surface area contributed by atoms with Crippen LogP contribution in [0.15, 0.2) is 54.7 Å². The molecule has 0 radical (unpaired) electrons. The highest BCUT2D eigenvalue weighted by Gasteiger charge is 2.47. The number of ether oxygens (including phenoxy) is 1. The molecule has 2 aromatic carbocycles. The van der Waals surface area contributed by atoms with Crippen LogP contribution in [0.5, 0.6) is 5.75 Å². The van der Waals surface area contributed by atoms with Crippen LogP contribution in [0.3, 0.4) is 0 Å². The van der Waals surface area contributed by atoms with Gasteiger partial charge in [-0.05, 0) is 116 Å². The van der Waals surface area contributed by atoms with E-state index in [9.17, 15) is 77.3 Å². The highest BCUT2D eigenvalue weighted by molar-refractivity contribution is 14.1. The van der Waals surface area contributed by atoms with Crippen LogP contribution in [-0.4, -0.2) is 292 Å². The van der Waals surface area contributed by atoms with Crippen molar-refractivity contribution < 1.29 is 76.8 Å². The highest BCUT2D eigenvalue weighted by Crippen LogP contribution is 2.33. The van der Waals surface area contributed by atoms with E-state index in [1.54, 1.807) is 43.9 Å². The smallest absolute Gasteiger partial charge is 0.317 e. The van der Waals surface area contributed by atoms with E-state index >= 15 is 0 Å². The quantitative estimate of drug-likeness (QED) is 0.0280. The molecule has 3 aromatic rings. The third-order valence-electron chi connectivity index (χ3n) is 17.5. The molecule has 0 bridgehead atoms. The van der Waals surface area contributed by atoms with Gasteiger partial charge in [0.05, 0.1) is 68.3 Å². The average molecular weight is 1490 g/mol. The molecule has 5 heterocycles. The molecule has 7 amide bonds. The number of likely N-dealkylation sites (tertiary alicyclic amines) is 2. The number of aromatic nitrogens is 1. The fourth-order valence-electron chi connectivity index (χ4n) is 12.2. The monoisotopic (exact) mass is 1490 g/mol. The Hall–Kier alpha value is -7.22. The molecule has 4 aliphatic rings. The maximum absolute atomic E-state index is 14.0. The SMILES string of the molecule is N#C[C@H]1CC(F)(F)CN1C(=O)CNC(=O)c1ccnc2ccc(OCCCCN3CCN(C(=O)CCCN4C(=O)CC(SC(CCCCCNC(=O)CCCc5ccc(I)cc5)CNC(=O)CN5CCN(CC(=O)O)CCN(CC(=O)O)CCN(CC(=O)O)CC5)C4=O)CC3)cc12. The number of aliphatic carboxylic acids is 3. The number of carboxylic acids is 3. The number of alkyl halides is 2. The zero-order chi connectivity index (χ0) is 69.9. The molecule has 0 spiro atoms. The van der Waals surface area contributed by atoms with Crippen LogP contribution >= 0.6 is 34.4 Å². The summed E-state index contributed by atoms with van der Waals surface area (Å²) < 4.78 is 35.0. The minimum atomic E-state index is -3.18. The van der Waals surface area contributed by atoms with Crippen molar-refractivity contribution in [3.63, 3.8) is 0 Å². The molecule has 4 fully saturated rings. The lowest BCUT2D eigenvalue weighted by atomic mass is 10.1. The van der Waals surface area contributed by atoms with E-state index in [2.05, 4.69) is 60.6 Å². The number of imide groups is 1. The number of pyridine rings is 1. The molecule has 0 saturated carbocycles. The van der Waals surface area contributed by atoms with Crippen LogP contribution in [0.2, 0.25) is 0 Å². The number of aryl methyl sites for hydroxylation is 1. The van der Waals surface area contributed by atoms with Crippen molar-refractivity contribution in [3.8, 4) is 11.8 Å². The Balaban J connectivity index is 0.842. The first kappa shape index (κ1) is 77.1. The molecule has 1 aromatic heterocycles. The number of thioether (sulfide) groups is 1. The molecular formula is C66H90F2IN13O14S. The number of nitrogens with one attached hydrogen (secondary N) is 3. The van der Waals surface area contributed by atoms with Crippen LogP contribution in [0.4, 0.5) is 8.78 Å². The largest absolute Gasteiger partial charge is 0.494 e. The van der Waals surface area contributed by atoms with Gasteiger partial charge in [-0.2, -0.15) is 5.26 Å². The first-order valence-corrected chi connectivity index (χ1v) is 35.2. The van der Waals surface area contributed by atoms with E-state index in [1.807, 2.05) is 17.0 Å². The van der Waals surface area contributed by atoms with Crippen molar-refractivity contribution in [1.82, 2.24) is 60.1 Å². The predicted molar refractivity (Wildman–Crippen MR) is 363 cm³/mol. The number of benzene rings is 2. The number of carboxylic acid groups (broad SMARTS) is 3. The third kappa shape index (κ3) is 26.5. The molecule has 4 aliphatic heterocycles. The van der Waals surface area contributed by atoms with Gasteiger partial charge < -0.3 is 45.8 Å². The summed E-state index contributed by atoms with van der Waals surface area (Å²) in [5, 5.41) is 46.1. The number of nitriles is 1. The van der Waals surface area contributed by atoms with Crippen molar-refractivity contribution in [2.24, 2.45) is 0 Å². The summed E-state index contributed by atoms with van der Waals surface area (Å²) in [6, 6.07) is 15.3. The number of carbonyl (C=O) groups excluding carboxylic acids is 7. The Kier molecular flexibility index (Phi) is 31.3. The summed E-state index contributed by atoms with van der Waals surface area (Å²) in [5.41, 5.74) is 1.88. The summed E-state index contributed by atoms with van der Waals surface area (Å²) in [6.07, 6.45) is 7.27. The zero-order valence-corrected chi connectivity index (χ0v) is 57.7. The first-order valence-electron chi connectivity index (χ1n) is 33.2. The first-order chi connectivity index (χ1) is 46.5. The molecule has 31 heteroatoms. The number of unbranched alkanes of at least 4 members (excludes halogenated alkanes) is 3. The molecule has 7 rings (SSSR count). The lowest BCUT2D eigenvalue weighted by Gasteiger charge is -2.35. The second-order valence-electron chi connectivity index (χ2n) is 24.9. The summed E-state index contributed by atoms with van der Waals surface area (Å²) in [7, 11) is 0. The molecule has 3 atom stereocenters. The second kappa shape index (κ2) is 39.4. The van der Waals surface area contributed by atoms with E-state index in [0.717, 1.165) is 40.7 Å². The normalized spacial score (nSPS) is 19.0. The molecule has 530 valence electrons. The molecule has 0 aliphatic carbocycles. The Morgan fingerprint density at radius 2 is 1.32 bits per heavy atom. The van der Waals surface area contributed by atoms with Gasteiger partial charge in [0, 0.05) is 144 Å². The van der Waals surface area contributed by atoms with Crippen molar-refractivity contribution in [2.75, 3.05) is 151 Å². The Labute approximate surface area is 581 Å². The maximum Gasteiger partial charge on any atom is 0.317 e. The summed E-state index contributed by atoms with van der Waals surface area (Å²) >= 11 is 3.59. The summed E-state index contributed by atoms with van der Waals surface area (Å²) in [6.45, 7) is 3.67. The maximum atomic E-state index is 14.0. The zero-order valence-electron chi connectivity index (χ0n) is 54.7. The minimum absolute atomic E-state index is 0.0202.